The molecule has 1 saturated heterocycles. The number of carboxylic acid groups (broad SMARTS) is 1. The molecule has 0 aromatic rings. The van der Waals surface area contributed by atoms with Crippen molar-refractivity contribution in [2.75, 3.05) is 13.2 Å². The Morgan fingerprint density at radius 3 is 2.85 bits per heavy atom. The van der Waals surface area contributed by atoms with E-state index >= 15 is 0 Å². The molecule has 0 aliphatic carbocycles. The van der Waals surface area contributed by atoms with E-state index in [9.17, 15) is 9.18 Å². The van der Waals surface area contributed by atoms with E-state index in [1.165, 1.54) is 0 Å². The van der Waals surface area contributed by atoms with E-state index in [-0.39, 0.29) is 12.3 Å². The molecule has 13 heavy (non-hydrogen) atoms. The zero-order chi connectivity index (χ0) is 9.68. The fraction of sp³-hybridized carbons (Fsp3) is 0.889. The lowest BCUT2D eigenvalue weighted by molar-refractivity contribution is -0.137. The first-order valence-corrected chi connectivity index (χ1v) is 4.63. The minimum atomic E-state index is -0.887. The largest absolute Gasteiger partial charge is 0.481 e. The van der Waals surface area contributed by atoms with E-state index in [4.69, 9.17) is 9.84 Å². The first-order chi connectivity index (χ1) is 6.20. The third kappa shape index (κ3) is 3.72. The van der Waals surface area contributed by atoms with E-state index in [1.54, 1.807) is 0 Å². The van der Waals surface area contributed by atoms with Crippen molar-refractivity contribution < 1.29 is 19.0 Å². The molecule has 2 unspecified atom stereocenters. The molecule has 1 rings (SSSR count). The van der Waals surface area contributed by atoms with Crippen LogP contribution in [0, 0.1) is 5.92 Å². The first-order valence-electron chi connectivity index (χ1n) is 4.63. The van der Waals surface area contributed by atoms with Crippen LogP contribution in [0.3, 0.4) is 0 Å². The van der Waals surface area contributed by atoms with Crippen molar-refractivity contribution >= 4 is 5.97 Å². The third-order valence-corrected chi connectivity index (χ3v) is 2.41. The summed E-state index contributed by atoms with van der Waals surface area (Å²) in [5, 5.41) is 8.45. The van der Waals surface area contributed by atoms with Crippen LogP contribution < -0.4 is 0 Å². The summed E-state index contributed by atoms with van der Waals surface area (Å²) in [6.45, 7) is 1.02. The van der Waals surface area contributed by atoms with Crippen molar-refractivity contribution in [3.63, 3.8) is 0 Å². The predicted molar refractivity (Wildman–Crippen MR) is 45.3 cm³/mol. The number of hydrogen-bond acceptors (Lipinski definition) is 2. The number of carbonyl (C=O) groups is 1. The van der Waals surface area contributed by atoms with Crippen LogP contribution in [0.25, 0.3) is 0 Å². The molecule has 0 saturated carbocycles. The van der Waals surface area contributed by atoms with Crippen LogP contribution in [-0.4, -0.2) is 30.5 Å². The fourth-order valence-electron chi connectivity index (χ4n) is 1.58. The lowest BCUT2D eigenvalue weighted by Crippen LogP contribution is -2.16. The molecule has 0 radical (unpaired) electrons. The van der Waals surface area contributed by atoms with Crippen molar-refractivity contribution in [3.05, 3.63) is 0 Å². The van der Waals surface area contributed by atoms with Gasteiger partial charge in [0.15, 0.2) is 0 Å². The van der Waals surface area contributed by atoms with Crippen LogP contribution in [0.1, 0.15) is 25.7 Å². The van der Waals surface area contributed by atoms with Gasteiger partial charge >= 0.3 is 5.97 Å². The van der Waals surface area contributed by atoms with Gasteiger partial charge in [-0.3, -0.25) is 4.79 Å². The molecule has 0 aromatic heterocycles. The summed E-state index contributed by atoms with van der Waals surface area (Å²) in [5.41, 5.74) is 0. The Kier molecular flexibility index (Phi) is 4.15. The molecule has 0 bridgehead atoms. The average molecular weight is 190 g/mol. The van der Waals surface area contributed by atoms with Gasteiger partial charge in [0.25, 0.3) is 0 Å². The Labute approximate surface area is 76.9 Å². The predicted octanol–water partition coefficient (Wildman–Crippen LogP) is 1.62. The number of halogens is 1. The first kappa shape index (κ1) is 10.4. The second kappa shape index (κ2) is 5.17. The normalized spacial score (nSPS) is 29.6. The van der Waals surface area contributed by atoms with E-state index < -0.39 is 12.1 Å². The molecular weight excluding hydrogens is 175 g/mol. The van der Waals surface area contributed by atoms with E-state index in [2.05, 4.69) is 0 Å². The standard InChI is InChI=1S/C9H15FO3/c10-8-4-6-13-5-3-7(8)1-2-9(11)12/h7-8H,1-6H2,(H,11,12). The highest BCUT2D eigenvalue weighted by Gasteiger charge is 2.23. The third-order valence-electron chi connectivity index (χ3n) is 2.41. The van der Waals surface area contributed by atoms with Crippen molar-refractivity contribution in [1.29, 1.82) is 0 Å². The minimum absolute atomic E-state index is 0.0606. The van der Waals surface area contributed by atoms with Crippen LogP contribution >= 0.6 is 0 Å². The van der Waals surface area contributed by atoms with Crippen LogP contribution in [0.4, 0.5) is 4.39 Å². The molecule has 4 heteroatoms. The Bertz CT molecular complexity index is 172. The molecule has 76 valence electrons. The number of aliphatic carboxylic acids is 1. The van der Waals surface area contributed by atoms with Crippen LogP contribution in [-0.2, 0) is 9.53 Å². The lowest BCUT2D eigenvalue weighted by Gasteiger charge is -2.15. The van der Waals surface area contributed by atoms with Crippen molar-refractivity contribution in [3.8, 4) is 0 Å². The van der Waals surface area contributed by atoms with Gasteiger partial charge in [-0.2, -0.15) is 0 Å². The summed E-state index contributed by atoms with van der Waals surface area (Å²) in [5.74, 6) is -0.976. The number of hydrogen-bond donors (Lipinski definition) is 1. The van der Waals surface area contributed by atoms with Crippen molar-refractivity contribution in [2.24, 2.45) is 5.92 Å². The maximum Gasteiger partial charge on any atom is 0.303 e. The van der Waals surface area contributed by atoms with Gasteiger partial charge in [0.1, 0.15) is 6.17 Å². The molecule has 2 atom stereocenters. The molecule has 0 amide bonds. The number of rotatable bonds is 3. The van der Waals surface area contributed by atoms with Crippen LogP contribution in [0.2, 0.25) is 0 Å². The number of carboxylic acids is 1. The monoisotopic (exact) mass is 190 g/mol. The summed E-state index contributed by atoms with van der Waals surface area (Å²) in [4.78, 5) is 10.3. The van der Waals surface area contributed by atoms with Gasteiger partial charge < -0.3 is 9.84 Å². The highest BCUT2D eigenvalue weighted by molar-refractivity contribution is 5.66. The SMILES string of the molecule is O=C(O)CCC1CCOCCC1F. The number of alkyl halides is 1. The summed E-state index contributed by atoms with van der Waals surface area (Å²) >= 11 is 0. The van der Waals surface area contributed by atoms with E-state index in [1.807, 2.05) is 0 Å². The van der Waals surface area contributed by atoms with Gasteiger partial charge in [0.2, 0.25) is 0 Å². The molecule has 1 fully saturated rings. The second-order valence-electron chi connectivity index (χ2n) is 3.40. The molecule has 1 heterocycles. The molecule has 3 nitrogen and oxygen atoms in total. The maximum absolute atomic E-state index is 13.3. The Balaban J connectivity index is 2.31. The molecule has 1 aliphatic rings. The van der Waals surface area contributed by atoms with Gasteiger partial charge in [-0.15, -0.1) is 0 Å². The van der Waals surface area contributed by atoms with Crippen LogP contribution in [0.5, 0.6) is 0 Å². The summed E-state index contributed by atoms with van der Waals surface area (Å²) in [6, 6.07) is 0. The van der Waals surface area contributed by atoms with Gasteiger partial charge in [0, 0.05) is 26.1 Å². The second-order valence-corrected chi connectivity index (χ2v) is 3.40. The van der Waals surface area contributed by atoms with Crippen molar-refractivity contribution in [1.82, 2.24) is 0 Å². The lowest BCUT2D eigenvalue weighted by atomic mass is 9.94. The van der Waals surface area contributed by atoms with Gasteiger partial charge in [-0.05, 0) is 18.8 Å². The average Bonchev–Trinajstić information content (AvgIpc) is 2.27. The Hall–Kier alpha value is -0.640. The van der Waals surface area contributed by atoms with Crippen LogP contribution in [0.15, 0.2) is 0 Å². The topological polar surface area (TPSA) is 46.5 Å². The highest BCUT2D eigenvalue weighted by Crippen LogP contribution is 2.23. The molecule has 1 aliphatic heterocycles. The summed E-state index contributed by atoms with van der Waals surface area (Å²) < 4.78 is 18.4. The van der Waals surface area contributed by atoms with E-state index in [0.717, 1.165) is 0 Å². The quantitative estimate of drug-likeness (QED) is 0.735. The van der Waals surface area contributed by atoms with Gasteiger partial charge in [0.05, 0.1) is 0 Å². The fourth-order valence-corrected chi connectivity index (χ4v) is 1.58. The minimum Gasteiger partial charge on any atom is -0.481 e. The Morgan fingerprint density at radius 1 is 1.46 bits per heavy atom. The molecule has 0 spiro atoms. The zero-order valence-corrected chi connectivity index (χ0v) is 7.54. The van der Waals surface area contributed by atoms with Crippen molar-refractivity contribution in [2.45, 2.75) is 31.9 Å². The number of ether oxygens (including phenoxy) is 1. The van der Waals surface area contributed by atoms with Gasteiger partial charge in [-0.25, -0.2) is 4.39 Å². The molecule has 0 aromatic carbocycles. The highest BCUT2D eigenvalue weighted by atomic mass is 19.1. The summed E-state index contributed by atoms with van der Waals surface area (Å²) in [7, 11) is 0. The van der Waals surface area contributed by atoms with Gasteiger partial charge in [-0.1, -0.05) is 0 Å². The maximum atomic E-state index is 13.3. The molecule has 1 N–H and O–H groups in total. The Morgan fingerprint density at radius 2 is 2.15 bits per heavy atom. The summed E-state index contributed by atoms with van der Waals surface area (Å²) in [6.07, 6.45) is 0.658. The molecular formula is C9H15FO3. The smallest absolute Gasteiger partial charge is 0.303 e. The zero-order valence-electron chi connectivity index (χ0n) is 7.54. The van der Waals surface area contributed by atoms with E-state index in [0.29, 0.717) is 32.5 Å².